The van der Waals surface area contributed by atoms with E-state index in [2.05, 4.69) is 25.1 Å². The maximum absolute atomic E-state index is 11.4. The number of nitrogens with one attached hydrogen (secondary N) is 1. The van der Waals surface area contributed by atoms with E-state index in [1.165, 1.54) is 6.92 Å². The van der Waals surface area contributed by atoms with Crippen molar-refractivity contribution in [1.29, 1.82) is 0 Å². The van der Waals surface area contributed by atoms with Gasteiger partial charge < -0.3 is 9.73 Å². The summed E-state index contributed by atoms with van der Waals surface area (Å²) in [5.74, 6) is 2.58. The second-order valence-electron chi connectivity index (χ2n) is 7.09. The van der Waals surface area contributed by atoms with Crippen LogP contribution < -0.4 is 5.32 Å². The fourth-order valence-corrected chi connectivity index (χ4v) is 4.67. The van der Waals surface area contributed by atoms with E-state index in [0.717, 1.165) is 45.8 Å². The molecule has 9 heteroatoms. The Morgan fingerprint density at radius 2 is 2.20 bits per heavy atom. The van der Waals surface area contributed by atoms with Crippen molar-refractivity contribution in [2.24, 2.45) is 0 Å². The van der Waals surface area contributed by atoms with Crippen LogP contribution in [0, 0.1) is 0 Å². The van der Waals surface area contributed by atoms with Crippen LogP contribution >= 0.6 is 23.1 Å². The molecule has 1 saturated carbocycles. The van der Waals surface area contributed by atoms with E-state index < -0.39 is 0 Å². The van der Waals surface area contributed by atoms with Gasteiger partial charge in [-0.25, -0.2) is 4.98 Å². The fourth-order valence-electron chi connectivity index (χ4n) is 3.17. The first-order valence-electron chi connectivity index (χ1n) is 9.62. The molecule has 1 N–H and O–H groups in total. The molecule has 30 heavy (non-hydrogen) atoms. The van der Waals surface area contributed by atoms with Crippen LogP contribution in [-0.2, 0) is 10.5 Å². The maximum atomic E-state index is 11.4. The van der Waals surface area contributed by atoms with Crippen molar-refractivity contribution in [3.8, 4) is 16.5 Å². The van der Waals surface area contributed by atoms with Gasteiger partial charge in [-0.1, -0.05) is 23.9 Å². The number of benzene rings is 1. The number of thiophene rings is 1. The third-order valence-corrected chi connectivity index (χ3v) is 6.48. The molecule has 0 unspecified atom stereocenters. The lowest BCUT2D eigenvalue weighted by atomic mass is 10.2. The summed E-state index contributed by atoms with van der Waals surface area (Å²) in [6, 6.07) is 11.7. The number of amides is 1. The van der Waals surface area contributed by atoms with E-state index in [4.69, 9.17) is 4.42 Å². The van der Waals surface area contributed by atoms with Gasteiger partial charge in [0.15, 0.2) is 5.16 Å². The molecule has 0 bridgehead atoms. The summed E-state index contributed by atoms with van der Waals surface area (Å²) in [7, 11) is 0. The third kappa shape index (κ3) is 4.03. The molecule has 1 aromatic carbocycles. The predicted molar refractivity (Wildman–Crippen MR) is 117 cm³/mol. The van der Waals surface area contributed by atoms with Gasteiger partial charge in [-0.15, -0.1) is 21.5 Å². The first-order chi connectivity index (χ1) is 14.7. The maximum Gasteiger partial charge on any atom is 0.236 e. The van der Waals surface area contributed by atoms with Gasteiger partial charge in [0.25, 0.3) is 0 Å². The van der Waals surface area contributed by atoms with Crippen LogP contribution in [0.15, 0.2) is 57.6 Å². The molecule has 0 aliphatic heterocycles. The number of oxazole rings is 1. The van der Waals surface area contributed by atoms with Crippen molar-refractivity contribution in [2.45, 2.75) is 36.6 Å². The zero-order valence-electron chi connectivity index (χ0n) is 16.2. The molecule has 0 spiro atoms. The van der Waals surface area contributed by atoms with E-state index in [-0.39, 0.29) is 5.91 Å². The zero-order chi connectivity index (χ0) is 20.5. The van der Waals surface area contributed by atoms with Crippen LogP contribution in [0.2, 0.25) is 0 Å². The molecule has 0 saturated heterocycles. The highest BCUT2D eigenvalue weighted by Crippen LogP contribution is 2.41. The van der Waals surface area contributed by atoms with Crippen LogP contribution in [-0.4, -0.2) is 25.7 Å². The normalized spacial score (nSPS) is 13.5. The third-order valence-electron chi connectivity index (χ3n) is 4.66. The van der Waals surface area contributed by atoms with E-state index in [0.29, 0.717) is 17.6 Å². The summed E-state index contributed by atoms with van der Waals surface area (Å²) in [6.07, 6.45) is 3.95. The second-order valence-corrected chi connectivity index (χ2v) is 8.98. The Bertz CT molecular complexity index is 1180. The highest BCUT2D eigenvalue weighted by atomic mass is 32.2. The van der Waals surface area contributed by atoms with Crippen molar-refractivity contribution >= 4 is 34.7 Å². The molecule has 3 aromatic heterocycles. The molecule has 0 atom stereocenters. The first kappa shape index (κ1) is 19.1. The van der Waals surface area contributed by atoms with Crippen LogP contribution in [0.5, 0.6) is 0 Å². The SMILES string of the molecule is CC(=O)Nc1cccc(-n2c(SCc3coc(-c4cccs4)n3)nnc2C2CC2)c1. The molecule has 4 aromatic rings. The largest absolute Gasteiger partial charge is 0.444 e. The summed E-state index contributed by atoms with van der Waals surface area (Å²) in [5, 5.41) is 14.6. The van der Waals surface area contributed by atoms with Gasteiger partial charge >= 0.3 is 0 Å². The summed E-state index contributed by atoms with van der Waals surface area (Å²) < 4.78 is 7.71. The highest BCUT2D eigenvalue weighted by molar-refractivity contribution is 7.98. The zero-order valence-corrected chi connectivity index (χ0v) is 17.9. The Hall–Kier alpha value is -2.91. The number of nitrogens with zero attached hydrogens (tertiary/aromatic N) is 4. The summed E-state index contributed by atoms with van der Waals surface area (Å²) >= 11 is 3.18. The van der Waals surface area contributed by atoms with Gasteiger partial charge in [0, 0.05) is 24.3 Å². The van der Waals surface area contributed by atoms with Crippen molar-refractivity contribution < 1.29 is 9.21 Å². The molecule has 7 nitrogen and oxygen atoms in total. The second kappa shape index (κ2) is 8.08. The number of anilines is 1. The number of carbonyl (C=O) groups excluding carboxylic acids is 1. The van der Waals surface area contributed by atoms with Gasteiger partial charge in [0.2, 0.25) is 11.8 Å². The number of thioether (sulfide) groups is 1. The van der Waals surface area contributed by atoms with Crippen molar-refractivity contribution in [3.05, 3.63) is 59.6 Å². The van der Waals surface area contributed by atoms with Crippen LogP contribution in [0.4, 0.5) is 5.69 Å². The number of hydrogen-bond donors (Lipinski definition) is 1. The average molecular weight is 438 g/mol. The molecule has 1 amide bonds. The van der Waals surface area contributed by atoms with Gasteiger partial charge in [-0.2, -0.15) is 0 Å². The summed E-state index contributed by atoms with van der Waals surface area (Å²) in [6.45, 7) is 1.50. The molecule has 3 heterocycles. The minimum atomic E-state index is -0.0968. The van der Waals surface area contributed by atoms with E-state index in [9.17, 15) is 4.79 Å². The lowest BCUT2D eigenvalue weighted by molar-refractivity contribution is -0.114. The van der Waals surface area contributed by atoms with Gasteiger partial charge in [-0.3, -0.25) is 9.36 Å². The Morgan fingerprint density at radius 1 is 1.30 bits per heavy atom. The molecule has 1 fully saturated rings. The van der Waals surface area contributed by atoms with Gasteiger partial charge in [-0.05, 0) is 42.5 Å². The number of hydrogen-bond acceptors (Lipinski definition) is 7. The molecular weight excluding hydrogens is 418 g/mol. The number of rotatable bonds is 7. The van der Waals surface area contributed by atoms with Crippen LogP contribution in [0.1, 0.15) is 37.2 Å². The Kier molecular flexibility index (Phi) is 5.14. The van der Waals surface area contributed by atoms with Crippen molar-refractivity contribution in [1.82, 2.24) is 19.7 Å². The van der Waals surface area contributed by atoms with Crippen LogP contribution in [0.25, 0.3) is 16.5 Å². The lowest BCUT2D eigenvalue weighted by Crippen LogP contribution is -2.07. The van der Waals surface area contributed by atoms with Crippen molar-refractivity contribution in [3.63, 3.8) is 0 Å². The average Bonchev–Trinajstić information content (AvgIpc) is 3.14. The highest BCUT2D eigenvalue weighted by Gasteiger charge is 2.31. The molecule has 1 aliphatic rings. The lowest BCUT2D eigenvalue weighted by Gasteiger charge is -2.11. The predicted octanol–water partition coefficient (Wildman–Crippen LogP) is 5.11. The van der Waals surface area contributed by atoms with Gasteiger partial charge in [0.05, 0.1) is 16.3 Å². The monoisotopic (exact) mass is 437 g/mol. The Labute approximate surface area is 181 Å². The number of aromatic nitrogens is 4. The molecule has 152 valence electrons. The molecular formula is C21H19N5O2S2. The summed E-state index contributed by atoms with van der Waals surface area (Å²) in [4.78, 5) is 17.1. The standard InChI is InChI=1S/C21H19N5O2S2/c1-13(27)22-15-4-2-5-17(10-15)26-19(14-7-8-14)24-25-21(26)30-12-16-11-28-20(23-16)18-6-3-9-29-18/h2-6,9-11,14H,7-8,12H2,1H3,(H,22,27). The quantitative estimate of drug-likeness (QED) is 0.404. The van der Waals surface area contributed by atoms with Crippen molar-refractivity contribution in [2.75, 3.05) is 5.32 Å². The Balaban J connectivity index is 1.40. The smallest absolute Gasteiger partial charge is 0.236 e. The first-order valence-corrected chi connectivity index (χ1v) is 11.5. The molecule has 0 radical (unpaired) electrons. The summed E-state index contributed by atoms with van der Waals surface area (Å²) in [5.41, 5.74) is 2.55. The van der Waals surface area contributed by atoms with E-state index >= 15 is 0 Å². The molecule has 1 aliphatic carbocycles. The molecule has 5 rings (SSSR count). The fraction of sp³-hybridized carbons (Fsp3) is 0.238. The number of carbonyl (C=O) groups is 1. The van der Waals surface area contributed by atoms with Gasteiger partial charge in [0.1, 0.15) is 12.1 Å². The van der Waals surface area contributed by atoms with E-state index in [1.807, 2.05) is 41.8 Å². The van der Waals surface area contributed by atoms with E-state index in [1.54, 1.807) is 29.4 Å². The Morgan fingerprint density at radius 3 is 2.97 bits per heavy atom. The topological polar surface area (TPSA) is 85.8 Å². The minimum absolute atomic E-state index is 0.0968. The minimum Gasteiger partial charge on any atom is -0.444 e. The van der Waals surface area contributed by atoms with Crippen LogP contribution in [0.3, 0.4) is 0 Å².